The summed E-state index contributed by atoms with van der Waals surface area (Å²) in [5, 5.41) is 23.9. The Hall–Kier alpha value is -2.42. The Morgan fingerprint density at radius 3 is 3.00 bits per heavy atom. The van der Waals surface area contributed by atoms with Crippen molar-refractivity contribution < 1.29 is 24.0 Å². The number of amides is 1. The minimum Gasteiger partial charge on any atom is -0.440 e. The second kappa shape index (κ2) is 4.84. The van der Waals surface area contributed by atoms with Crippen LogP contribution in [0.1, 0.15) is 5.76 Å². The van der Waals surface area contributed by atoms with E-state index in [1.807, 2.05) is 0 Å². The van der Waals surface area contributed by atoms with Crippen LogP contribution in [-0.4, -0.2) is 46.6 Å². The third-order valence-corrected chi connectivity index (χ3v) is 2.18. The zero-order valence-corrected chi connectivity index (χ0v) is 9.05. The lowest BCUT2D eigenvalue weighted by Crippen LogP contribution is -2.20. The third kappa shape index (κ3) is 2.46. The van der Waals surface area contributed by atoms with Crippen molar-refractivity contribution in [3.05, 3.63) is 28.0 Å². The highest BCUT2D eigenvalue weighted by Crippen LogP contribution is 2.15. The molecular formula is C9H9N3O6. The molecule has 1 amide bonds. The van der Waals surface area contributed by atoms with Crippen LogP contribution in [0.4, 0.5) is 10.7 Å². The fourth-order valence-electron chi connectivity index (χ4n) is 1.33. The van der Waals surface area contributed by atoms with Crippen molar-refractivity contribution in [1.82, 2.24) is 5.01 Å². The Balaban J connectivity index is 2.02. The quantitative estimate of drug-likeness (QED) is 0.470. The van der Waals surface area contributed by atoms with Gasteiger partial charge in [-0.2, -0.15) is 10.1 Å². The third-order valence-electron chi connectivity index (χ3n) is 2.18. The summed E-state index contributed by atoms with van der Waals surface area (Å²) in [7, 11) is 0. The van der Waals surface area contributed by atoms with Crippen LogP contribution in [-0.2, 0) is 4.74 Å². The van der Waals surface area contributed by atoms with Crippen molar-refractivity contribution >= 4 is 18.2 Å². The van der Waals surface area contributed by atoms with Gasteiger partial charge in [0.1, 0.15) is 11.0 Å². The Labute approximate surface area is 100 Å². The molecule has 1 atom stereocenters. The van der Waals surface area contributed by atoms with Crippen molar-refractivity contribution in [1.29, 1.82) is 0 Å². The number of hydrazone groups is 1. The molecule has 0 bridgehead atoms. The number of ether oxygens (including phenoxy) is 1. The van der Waals surface area contributed by atoms with E-state index in [2.05, 4.69) is 5.10 Å². The van der Waals surface area contributed by atoms with E-state index in [1.165, 1.54) is 12.1 Å². The van der Waals surface area contributed by atoms with Gasteiger partial charge in [0, 0.05) is 0 Å². The van der Waals surface area contributed by atoms with Gasteiger partial charge in [-0.25, -0.2) is 4.79 Å². The number of hydrogen-bond donors (Lipinski definition) is 1. The number of aliphatic hydroxyl groups excluding tert-OH is 1. The largest absolute Gasteiger partial charge is 0.440 e. The van der Waals surface area contributed by atoms with Gasteiger partial charge in [0.05, 0.1) is 25.4 Å². The molecule has 9 heteroatoms. The van der Waals surface area contributed by atoms with Gasteiger partial charge in [-0.05, 0) is 6.07 Å². The van der Waals surface area contributed by atoms with Gasteiger partial charge in [0.15, 0.2) is 5.76 Å². The average molecular weight is 255 g/mol. The summed E-state index contributed by atoms with van der Waals surface area (Å²) in [5.41, 5.74) is 0. The lowest BCUT2D eigenvalue weighted by Gasteiger charge is -2.02. The second-order valence-corrected chi connectivity index (χ2v) is 3.45. The van der Waals surface area contributed by atoms with Gasteiger partial charge < -0.3 is 14.3 Å². The summed E-state index contributed by atoms with van der Waals surface area (Å²) >= 11 is 0. The molecule has 1 aromatic heterocycles. The van der Waals surface area contributed by atoms with Crippen LogP contribution >= 0.6 is 0 Å². The lowest BCUT2D eigenvalue weighted by molar-refractivity contribution is -0.402. The maximum atomic E-state index is 11.2. The monoisotopic (exact) mass is 255 g/mol. The van der Waals surface area contributed by atoms with Gasteiger partial charge in [0.25, 0.3) is 0 Å². The van der Waals surface area contributed by atoms with Crippen LogP contribution in [0.5, 0.6) is 0 Å². The van der Waals surface area contributed by atoms with E-state index in [0.717, 1.165) is 11.2 Å². The van der Waals surface area contributed by atoms with Gasteiger partial charge in [-0.3, -0.25) is 10.1 Å². The Morgan fingerprint density at radius 1 is 1.67 bits per heavy atom. The Morgan fingerprint density at radius 2 is 2.44 bits per heavy atom. The molecular weight excluding hydrogens is 246 g/mol. The number of aliphatic hydroxyl groups is 1. The van der Waals surface area contributed by atoms with Gasteiger partial charge in [-0.1, -0.05) is 0 Å². The summed E-state index contributed by atoms with van der Waals surface area (Å²) in [6, 6.07) is 2.53. The zero-order chi connectivity index (χ0) is 13.1. The van der Waals surface area contributed by atoms with E-state index >= 15 is 0 Å². The Bertz CT molecular complexity index is 496. The van der Waals surface area contributed by atoms with Crippen molar-refractivity contribution in [2.45, 2.75) is 6.10 Å². The topological polar surface area (TPSA) is 118 Å². The van der Waals surface area contributed by atoms with Gasteiger partial charge >= 0.3 is 12.0 Å². The minimum absolute atomic E-state index is 0.120. The fraction of sp³-hybridized carbons (Fsp3) is 0.333. The molecule has 18 heavy (non-hydrogen) atoms. The number of carbonyl (C=O) groups is 1. The van der Waals surface area contributed by atoms with E-state index < -0.39 is 23.0 Å². The second-order valence-electron chi connectivity index (χ2n) is 3.45. The zero-order valence-electron chi connectivity index (χ0n) is 9.05. The van der Waals surface area contributed by atoms with Crippen molar-refractivity contribution in [3.8, 4) is 0 Å². The van der Waals surface area contributed by atoms with Crippen molar-refractivity contribution in [2.24, 2.45) is 5.10 Å². The molecule has 1 aromatic rings. The van der Waals surface area contributed by atoms with Crippen LogP contribution in [0.2, 0.25) is 0 Å². The average Bonchev–Trinajstić information content (AvgIpc) is 2.93. The number of hydrogen-bond acceptors (Lipinski definition) is 7. The molecule has 1 aliphatic rings. The Kier molecular flexibility index (Phi) is 3.24. The lowest BCUT2D eigenvalue weighted by atomic mass is 10.4. The van der Waals surface area contributed by atoms with Crippen molar-refractivity contribution in [3.63, 3.8) is 0 Å². The van der Waals surface area contributed by atoms with Crippen molar-refractivity contribution in [2.75, 3.05) is 13.2 Å². The van der Waals surface area contributed by atoms with E-state index in [0.29, 0.717) is 0 Å². The number of cyclic esters (lactones) is 1. The van der Waals surface area contributed by atoms with Gasteiger partial charge in [-0.15, -0.1) is 0 Å². The van der Waals surface area contributed by atoms with E-state index in [1.54, 1.807) is 0 Å². The maximum absolute atomic E-state index is 11.2. The molecule has 0 aliphatic carbocycles. The molecule has 1 fully saturated rings. The SMILES string of the molecule is O=C1OC(CO)CN1N=Cc1ccc([N+](=O)[O-])o1. The summed E-state index contributed by atoms with van der Waals surface area (Å²) in [4.78, 5) is 20.9. The highest BCUT2D eigenvalue weighted by molar-refractivity contribution is 5.78. The number of furan rings is 1. The normalized spacial score (nSPS) is 19.5. The molecule has 1 N–H and O–H groups in total. The highest BCUT2D eigenvalue weighted by Gasteiger charge is 2.30. The fourth-order valence-corrected chi connectivity index (χ4v) is 1.33. The smallest absolute Gasteiger partial charge is 0.433 e. The number of nitrogens with zero attached hydrogens (tertiary/aromatic N) is 3. The van der Waals surface area contributed by atoms with Crippen LogP contribution in [0.15, 0.2) is 21.7 Å². The molecule has 9 nitrogen and oxygen atoms in total. The molecule has 1 saturated heterocycles. The summed E-state index contributed by atoms with van der Waals surface area (Å²) in [5.74, 6) is -0.268. The molecule has 0 saturated carbocycles. The number of carbonyl (C=O) groups excluding carboxylic acids is 1. The first-order chi connectivity index (χ1) is 8.60. The molecule has 0 spiro atoms. The molecule has 2 heterocycles. The van der Waals surface area contributed by atoms with Crippen LogP contribution in [0.3, 0.4) is 0 Å². The van der Waals surface area contributed by atoms with E-state index in [9.17, 15) is 14.9 Å². The van der Waals surface area contributed by atoms with Crippen LogP contribution in [0, 0.1) is 10.1 Å². The summed E-state index contributed by atoms with van der Waals surface area (Å²) < 4.78 is 9.56. The molecule has 0 radical (unpaired) electrons. The predicted molar refractivity (Wildman–Crippen MR) is 57.0 cm³/mol. The van der Waals surface area contributed by atoms with Gasteiger partial charge in [0.2, 0.25) is 0 Å². The standard InChI is InChI=1S/C9H9N3O6/c13-5-7-4-11(9(14)18-7)10-3-6-1-2-8(17-6)12(15)16/h1-3,7,13H,4-5H2. The van der Waals surface area contributed by atoms with E-state index in [4.69, 9.17) is 14.3 Å². The first-order valence-electron chi connectivity index (χ1n) is 4.97. The molecule has 1 unspecified atom stereocenters. The first kappa shape index (κ1) is 12.0. The molecule has 0 aromatic carbocycles. The highest BCUT2D eigenvalue weighted by atomic mass is 16.6. The van der Waals surface area contributed by atoms with Crippen LogP contribution < -0.4 is 0 Å². The summed E-state index contributed by atoms with van der Waals surface area (Å²) in [6.07, 6.45) is -0.138. The summed E-state index contributed by atoms with van der Waals surface area (Å²) in [6.45, 7) is -0.168. The predicted octanol–water partition coefficient (Wildman–Crippen LogP) is 0.335. The molecule has 1 aliphatic heterocycles. The van der Waals surface area contributed by atoms with Crippen LogP contribution in [0.25, 0.3) is 0 Å². The number of nitro groups is 1. The minimum atomic E-state index is -0.689. The number of rotatable bonds is 4. The maximum Gasteiger partial charge on any atom is 0.433 e. The molecule has 2 rings (SSSR count). The first-order valence-corrected chi connectivity index (χ1v) is 4.97. The molecule has 96 valence electrons. The van der Waals surface area contributed by atoms with E-state index in [-0.39, 0.29) is 18.9 Å².